The number of halogens is 4. The van der Waals surface area contributed by atoms with Crippen LogP contribution in [0.25, 0.3) is 11.4 Å². The van der Waals surface area contributed by atoms with Crippen LogP contribution in [0.5, 0.6) is 0 Å². The largest absolute Gasteiger partial charge is 1.00 e. The molecule has 23 heteroatoms. The molecule has 1 N–H and O–H groups in total. The van der Waals surface area contributed by atoms with Crippen molar-refractivity contribution in [1.82, 2.24) is 58.9 Å². The van der Waals surface area contributed by atoms with Crippen molar-refractivity contribution in [2.75, 3.05) is 73.9 Å². The number of hydrogen-bond acceptors (Lipinski definition) is 11. The molecule has 0 fully saturated rings. The van der Waals surface area contributed by atoms with Gasteiger partial charge in [-0.15, -0.1) is 0 Å². The predicted octanol–water partition coefficient (Wildman–Crippen LogP) is 4.51. The number of rotatable bonds is 21. The number of nitrogens with one attached hydrogen (secondary N) is 1. The van der Waals surface area contributed by atoms with Crippen LogP contribution in [0.4, 0.5) is 12.9 Å². The zero-order valence-corrected chi connectivity index (χ0v) is 46.6. The molecule has 6 aromatic rings. The number of aromatic nitrogens is 12. The molecule has 67 heavy (non-hydrogen) atoms. The molecule has 0 radical (unpaired) electrons. The summed E-state index contributed by atoms with van der Waals surface area (Å²) in [5.41, 5.74) is 6.19. The topological polar surface area (TPSA) is 164 Å². The Kier molecular flexibility index (Phi) is 37.1. The Morgan fingerprint density at radius 3 is 1.60 bits per heavy atom. The number of methoxy groups -OCH3 is 5. The molecular weight excluding hydrogens is 963 g/mol. The van der Waals surface area contributed by atoms with Crippen molar-refractivity contribution >= 4 is 28.5 Å². The molecule has 17 nitrogen and oxygen atoms in total. The Morgan fingerprint density at radius 2 is 1.18 bits per heavy atom. The van der Waals surface area contributed by atoms with Gasteiger partial charge in [-0.25, -0.2) is 4.98 Å². The van der Waals surface area contributed by atoms with Gasteiger partial charge in [0.1, 0.15) is 5.69 Å². The summed E-state index contributed by atoms with van der Waals surface area (Å²) in [5.74, 6) is 0. The van der Waals surface area contributed by atoms with Crippen LogP contribution in [0.2, 0.25) is 0 Å². The van der Waals surface area contributed by atoms with Crippen LogP contribution in [-0.4, -0.2) is 140 Å². The number of aryl methyl sites for hydroxylation is 10. The summed E-state index contributed by atoms with van der Waals surface area (Å²) < 4.78 is 71.0. The van der Waals surface area contributed by atoms with E-state index >= 15 is 0 Å². The third-order valence-electron chi connectivity index (χ3n) is 8.85. The van der Waals surface area contributed by atoms with E-state index in [9.17, 15) is 12.9 Å². The van der Waals surface area contributed by atoms with E-state index in [0.717, 1.165) is 116 Å². The van der Waals surface area contributed by atoms with Crippen molar-refractivity contribution in [2.24, 2.45) is 7.05 Å². The summed E-state index contributed by atoms with van der Waals surface area (Å²) in [6, 6.07) is 9.07. The van der Waals surface area contributed by atoms with Crippen molar-refractivity contribution in [3.63, 3.8) is 0 Å². The fraction of sp³-hybridized carbons (Fsp3) is 0.591. The quantitative estimate of drug-likeness (QED) is 0.0614. The van der Waals surface area contributed by atoms with Gasteiger partial charge < -0.3 is 41.2 Å². The van der Waals surface area contributed by atoms with E-state index in [1.54, 1.807) is 47.9 Å². The van der Waals surface area contributed by atoms with Gasteiger partial charge in [-0.1, -0.05) is 15.9 Å². The van der Waals surface area contributed by atoms with Gasteiger partial charge in [0, 0.05) is 143 Å². The molecule has 0 unspecified atom stereocenters. The summed E-state index contributed by atoms with van der Waals surface area (Å²) in [5, 5.41) is 24.2. The van der Waals surface area contributed by atoms with Gasteiger partial charge in [0.25, 0.3) is 0 Å². The minimum Gasteiger partial charge on any atom is -0.444 e. The smallest absolute Gasteiger partial charge is 0.444 e. The van der Waals surface area contributed by atoms with Crippen LogP contribution >= 0.6 is 15.9 Å². The third-order valence-corrected chi connectivity index (χ3v) is 9.41. The van der Waals surface area contributed by atoms with Crippen LogP contribution in [0.3, 0.4) is 0 Å². The van der Waals surface area contributed by atoms with Crippen molar-refractivity contribution < 1.29 is 88.0 Å². The monoisotopic (exact) mass is 1040 g/mol. The van der Waals surface area contributed by atoms with Crippen molar-refractivity contribution in [3.05, 3.63) is 89.9 Å². The first-order valence-electron chi connectivity index (χ1n) is 21.9. The normalized spacial score (nSPS) is 10.5. The molecule has 0 saturated carbocycles. The fourth-order valence-electron chi connectivity index (χ4n) is 5.67. The number of hydrogen-bond donors (Lipinski definition) is 1. The summed E-state index contributed by atoms with van der Waals surface area (Å²) >= 11 is 3.27. The summed E-state index contributed by atoms with van der Waals surface area (Å²) in [6.45, 7) is 11.2. The Bertz CT molecular complexity index is 2050. The van der Waals surface area contributed by atoms with Crippen LogP contribution in [-0.2, 0) is 56.9 Å². The SMILES string of the molecule is COCCCBr.COCCCn1ccc(C)n1.COCCCn1nc(C)cc1-c1cn(C)cn1.COCCCn1nc(C)cc1[B-](F)(F)F.COCCCn1nccc1C.Cc1ccn[nH]1.[K+]. The van der Waals surface area contributed by atoms with Gasteiger partial charge in [-0.3, -0.25) is 23.8 Å². The first-order chi connectivity index (χ1) is 31.6. The van der Waals surface area contributed by atoms with E-state index < -0.39 is 12.6 Å². The average Bonchev–Trinajstić information content (AvgIpc) is 4.16. The van der Waals surface area contributed by atoms with Crippen LogP contribution in [0, 0.1) is 34.6 Å². The van der Waals surface area contributed by atoms with Crippen molar-refractivity contribution in [1.29, 1.82) is 0 Å². The molecule has 6 aromatic heterocycles. The third kappa shape index (κ3) is 29.6. The second kappa shape index (κ2) is 38.8. The summed E-state index contributed by atoms with van der Waals surface area (Å²) in [7, 11) is 10.3. The van der Waals surface area contributed by atoms with E-state index in [1.807, 2.05) is 83.2 Å². The van der Waals surface area contributed by atoms with Gasteiger partial charge in [0.15, 0.2) is 0 Å². The summed E-state index contributed by atoms with van der Waals surface area (Å²) in [4.78, 5) is 4.36. The van der Waals surface area contributed by atoms with E-state index in [0.29, 0.717) is 18.7 Å². The molecule has 0 aliphatic heterocycles. The molecule has 0 atom stereocenters. The molecule has 0 aliphatic carbocycles. The van der Waals surface area contributed by atoms with Gasteiger partial charge in [0.2, 0.25) is 0 Å². The van der Waals surface area contributed by atoms with Crippen LogP contribution in [0.1, 0.15) is 60.6 Å². The maximum absolute atomic E-state index is 12.5. The molecule has 6 heterocycles. The fourth-order valence-corrected chi connectivity index (χ4v) is 5.90. The van der Waals surface area contributed by atoms with Crippen LogP contribution in [0.15, 0.2) is 61.4 Å². The number of imidazole rings is 1. The molecule has 0 saturated heterocycles. The Hall–Kier alpha value is -2.97. The van der Waals surface area contributed by atoms with E-state index in [4.69, 9.17) is 23.7 Å². The van der Waals surface area contributed by atoms with Gasteiger partial charge >= 0.3 is 58.4 Å². The maximum Gasteiger partial charge on any atom is 1.00 e. The van der Waals surface area contributed by atoms with Gasteiger partial charge in [-0.05, 0) is 103 Å². The average molecular weight is 1040 g/mol. The zero-order chi connectivity index (χ0) is 49.2. The molecule has 0 spiro atoms. The first-order valence-corrected chi connectivity index (χ1v) is 23.0. The molecule has 0 aliphatic rings. The van der Waals surface area contributed by atoms with Crippen molar-refractivity contribution in [3.8, 4) is 11.4 Å². The number of alkyl halides is 1. The molecule has 6 rings (SSSR count). The molecule has 0 amide bonds. The Morgan fingerprint density at radius 1 is 0.642 bits per heavy atom. The molecule has 372 valence electrons. The number of ether oxygens (including phenoxy) is 5. The minimum atomic E-state index is -4.98. The minimum absolute atomic E-state index is 0. The molecule has 0 aromatic carbocycles. The number of nitrogens with zero attached hydrogens (tertiary/aromatic N) is 11. The molecular formula is C44H74BBrF3KN12O5. The van der Waals surface area contributed by atoms with Crippen molar-refractivity contribution in [2.45, 2.75) is 92.9 Å². The van der Waals surface area contributed by atoms with Gasteiger partial charge in [0.05, 0.1) is 29.1 Å². The first kappa shape index (κ1) is 64.0. The zero-order valence-electron chi connectivity index (χ0n) is 41.9. The van der Waals surface area contributed by atoms with Gasteiger partial charge in [-0.2, -0.15) is 25.5 Å². The predicted molar refractivity (Wildman–Crippen MR) is 258 cm³/mol. The van der Waals surface area contributed by atoms with Crippen LogP contribution < -0.4 is 57.0 Å². The number of H-pyrrole nitrogens is 1. The van der Waals surface area contributed by atoms with E-state index in [1.165, 1.54) is 12.8 Å². The van der Waals surface area contributed by atoms with E-state index in [-0.39, 0.29) is 57.9 Å². The summed E-state index contributed by atoms with van der Waals surface area (Å²) in [6.07, 6.45) is 14.0. The Labute approximate surface area is 446 Å². The van der Waals surface area contributed by atoms with E-state index in [2.05, 4.69) is 64.5 Å². The standard InChI is InChI=1S/C12H18N4O.C8H13BF3N2O.2C8H14N2O.C4H9BrO.C4H6N2.K/c1-10-7-12(11-8-15(2)9-13-11)16(14-10)5-4-6-17-3;1-7-6-8(9(10,11)12)14(13-7)4-3-5-15-2;1-8-4-5-9-10(8)6-3-7-11-2;1-8-4-6-10(9-8)5-3-7-11-2;1-6-4-2-3-5;1-4-2-3-5-6-4;/h7-9H,4-6H2,1-3H3;6H,3-5H2,1-2H3;4-5H,3,6-7H2,1-2H3;4,6H,3,5,7H2,1-2H3;2-4H2,1H3;2-3H,1H3,(H,5,6);/q;-1;;;;;+1. The second-order valence-corrected chi connectivity index (χ2v) is 15.7. The number of aromatic amines is 1. The Balaban J connectivity index is 0.000000806. The molecule has 0 bridgehead atoms. The second-order valence-electron chi connectivity index (χ2n) is 14.9. The maximum atomic E-state index is 12.5.